The lowest BCUT2D eigenvalue weighted by Gasteiger charge is -2.14. The molecule has 0 aromatic heterocycles. The fourth-order valence-corrected chi connectivity index (χ4v) is 2.10. The highest BCUT2D eigenvalue weighted by Crippen LogP contribution is 2.17. The molecule has 0 saturated heterocycles. The minimum Gasteiger partial charge on any atom is -0.387 e. The molecule has 0 fully saturated rings. The number of aliphatic imine (C=N–C) groups is 1. The monoisotopic (exact) mass is 297 g/mol. The summed E-state index contributed by atoms with van der Waals surface area (Å²) in [7, 11) is 0. The van der Waals surface area contributed by atoms with Gasteiger partial charge in [-0.3, -0.25) is 4.99 Å². The second-order valence-electron chi connectivity index (χ2n) is 4.19. The SMILES string of the molecule is CC1CN=C(NC[C@@H](O)c2cccc(Br)c2)N1. The molecular weight excluding hydrogens is 282 g/mol. The number of aliphatic hydroxyl groups excluding tert-OH is 1. The lowest BCUT2D eigenvalue weighted by molar-refractivity contribution is 0.181. The largest absolute Gasteiger partial charge is 0.387 e. The van der Waals surface area contributed by atoms with Crippen molar-refractivity contribution in [2.45, 2.75) is 19.1 Å². The van der Waals surface area contributed by atoms with Gasteiger partial charge in [-0.25, -0.2) is 0 Å². The summed E-state index contributed by atoms with van der Waals surface area (Å²) >= 11 is 3.39. The van der Waals surface area contributed by atoms with Crippen molar-refractivity contribution < 1.29 is 5.11 Å². The van der Waals surface area contributed by atoms with Gasteiger partial charge in [0.1, 0.15) is 0 Å². The van der Waals surface area contributed by atoms with Crippen molar-refractivity contribution in [3.8, 4) is 0 Å². The van der Waals surface area contributed by atoms with Crippen LogP contribution in [0.4, 0.5) is 0 Å². The van der Waals surface area contributed by atoms with Crippen LogP contribution in [0.5, 0.6) is 0 Å². The molecule has 2 rings (SSSR count). The van der Waals surface area contributed by atoms with E-state index in [9.17, 15) is 5.11 Å². The smallest absolute Gasteiger partial charge is 0.191 e. The van der Waals surface area contributed by atoms with Crippen molar-refractivity contribution in [2.75, 3.05) is 13.1 Å². The average molecular weight is 298 g/mol. The van der Waals surface area contributed by atoms with Crippen LogP contribution in [0.2, 0.25) is 0 Å². The minimum absolute atomic E-state index is 0.375. The van der Waals surface area contributed by atoms with Gasteiger partial charge >= 0.3 is 0 Å². The van der Waals surface area contributed by atoms with E-state index in [0.29, 0.717) is 12.6 Å². The Labute approximate surface area is 109 Å². The average Bonchev–Trinajstić information content (AvgIpc) is 2.72. The standard InChI is InChI=1S/C12H16BrN3O/c1-8-6-14-12(16-8)15-7-11(17)9-3-2-4-10(13)5-9/h2-5,8,11,17H,6-7H2,1H3,(H2,14,15,16)/t8?,11-/m1/s1. The maximum absolute atomic E-state index is 10.0. The van der Waals surface area contributed by atoms with Crippen molar-refractivity contribution in [3.05, 3.63) is 34.3 Å². The molecule has 0 amide bonds. The summed E-state index contributed by atoms with van der Waals surface area (Å²) in [5.74, 6) is 0.770. The molecule has 1 aliphatic rings. The van der Waals surface area contributed by atoms with Crippen LogP contribution >= 0.6 is 15.9 Å². The van der Waals surface area contributed by atoms with E-state index in [-0.39, 0.29) is 0 Å². The summed E-state index contributed by atoms with van der Waals surface area (Å²) in [5, 5.41) is 16.3. The van der Waals surface area contributed by atoms with E-state index in [1.807, 2.05) is 24.3 Å². The molecule has 3 N–H and O–H groups in total. The molecule has 0 saturated carbocycles. The third-order valence-corrected chi connectivity index (χ3v) is 3.10. The Bertz CT molecular complexity index is 422. The number of nitrogens with one attached hydrogen (secondary N) is 2. The van der Waals surface area contributed by atoms with Gasteiger partial charge in [0.05, 0.1) is 12.6 Å². The predicted octanol–water partition coefficient (Wildman–Crippen LogP) is 1.42. The number of guanidine groups is 1. The Morgan fingerprint density at radius 2 is 2.47 bits per heavy atom. The zero-order valence-electron chi connectivity index (χ0n) is 9.65. The normalized spacial score (nSPS) is 20.6. The fourth-order valence-electron chi connectivity index (χ4n) is 1.68. The van der Waals surface area contributed by atoms with Gasteiger partial charge < -0.3 is 15.7 Å². The lowest BCUT2D eigenvalue weighted by Crippen LogP contribution is -2.39. The van der Waals surface area contributed by atoms with Gasteiger partial charge in [0.25, 0.3) is 0 Å². The molecule has 4 nitrogen and oxygen atoms in total. The van der Waals surface area contributed by atoms with Crippen LogP contribution in [0.25, 0.3) is 0 Å². The molecule has 1 aromatic rings. The molecule has 5 heteroatoms. The minimum atomic E-state index is -0.534. The van der Waals surface area contributed by atoms with Crippen LogP contribution < -0.4 is 10.6 Å². The highest BCUT2D eigenvalue weighted by atomic mass is 79.9. The van der Waals surface area contributed by atoms with Gasteiger partial charge in [-0.15, -0.1) is 0 Å². The number of hydrogen-bond acceptors (Lipinski definition) is 4. The summed E-state index contributed by atoms with van der Waals surface area (Å²) < 4.78 is 0.971. The maximum atomic E-state index is 10.0. The first-order chi connectivity index (χ1) is 8.15. The van der Waals surface area contributed by atoms with Gasteiger partial charge in [0.2, 0.25) is 0 Å². The van der Waals surface area contributed by atoms with Crippen molar-refractivity contribution in [1.29, 1.82) is 0 Å². The molecular formula is C12H16BrN3O. The summed E-state index contributed by atoms with van der Waals surface area (Å²) in [6.07, 6.45) is -0.534. The van der Waals surface area contributed by atoms with Crippen LogP contribution in [-0.4, -0.2) is 30.2 Å². The van der Waals surface area contributed by atoms with Gasteiger partial charge in [-0.1, -0.05) is 28.1 Å². The van der Waals surface area contributed by atoms with E-state index in [1.54, 1.807) is 0 Å². The number of halogens is 1. The van der Waals surface area contributed by atoms with Crippen LogP contribution in [-0.2, 0) is 0 Å². The van der Waals surface area contributed by atoms with E-state index in [4.69, 9.17) is 0 Å². The third-order valence-electron chi connectivity index (χ3n) is 2.60. The Kier molecular flexibility index (Phi) is 4.02. The number of rotatable bonds is 3. The van der Waals surface area contributed by atoms with Crippen molar-refractivity contribution in [1.82, 2.24) is 10.6 Å². The zero-order chi connectivity index (χ0) is 12.3. The highest BCUT2D eigenvalue weighted by molar-refractivity contribution is 9.10. The van der Waals surface area contributed by atoms with Crippen LogP contribution in [0.3, 0.4) is 0 Å². The molecule has 17 heavy (non-hydrogen) atoms. The number of nitrogens with zero attached hydrogens (tertiary/aromatic N) is 1. The molecule has 0 radical (unpaired) electrons. The molecule has 1 aromatic carbocycles. The molecule has 92 valence electrons. The molecule has 2 atom stereocenters. The highest BCUT2D eigenvalue weighted by Gasteiger charge is 2.14. The predicted molar refractivity (Wildman–Crippen MR) is 72.0 cm³/mol. The van der Waals surface area contributed by atoms with Crippen LogP contribution in [0, 0.1) is 0 Å². The van der Waals surface area contributed by atoms with Gasteiger partial charge in [0.15, 0.2) is 5.96 Å². The zero-order valence-corrected chi connectivity index (χ0v) is 11.2. The number of hydrogen-bond donors (Lipinski definition) is 3. The quantitative estimate of drug-likeness (QED) is 0.791. The molecule has 0 aliphatic carbocycles. The molecule has 0 bridgehead atoms. The van der Waals surface area contributed by atoms with Gasteiger partial charge in [0, 0.05) is 17.1 Å². The molecule has 1 aliphatic heterocycles. The summed E-state index contributed by atoms with van der Waals surface area (Å²) in [4.78, 5) is 4.27. The van der Waals surface area contributed by atoms with E-state index in [2.05, 4.69) is 38.5 Å². The topological polar surface area (TPSA) is 56.7 Å². The second kappa shape index (κ2) is 5.51. The molecule has 1 unspecified atom stereocenters. The maximum Gasteiger partial charge on any atom is 0.191 e. The lowest BCUT2D eigenvalue weighted by atomic mass is 10.1. The fraction of sp³-hybridized carbons (Fsp3) is 0.417. The van der Waals surface area contributed by atoms with Crippen molar-refractivity contribution in [2.24, 2.45) is 4.99 Å². The van der Waals surface area contributed by atoms with E-state index < -0.39 is 6.10 Å². The van der Waals surface area contributed by atoms with Gasteiger partial charge in [-0.05, 0) is 24.6 Å². The summed E-state index contributed by atoms with van der Waals surface area (Å²) in [6.45, 7) is 3.31. The number of aliphatic hydroxyl groups is 1. The molecule has 0 spiro atoms. The molecule has 1 heterocycles. The first-order valence-electron chi connectivity index (χ1n) is 5.63. The Morgan fingerprint density at radius 1 is 1.65 bits per heavy atom. The Balaban J connectivity index is 1.87. The van der Waals surface area contributed by atoms with Crippen molar-refractivity contribution in [3.63, 3.8) is 0 Å². The van der Waals surface area contributed by atoms with Crippen LogP contribution in [0.1, 0.15) is 18.6 Å². The third kappa shape index (κ3) is 3.44. The Hall–Kier alpha value is -1.07. The first kappa shape index (κ1) is 12.4. The summed E-state index contributed by atoms with van der Waals surface area (Å²) in [5.41, 5.74) is 0.888. The van der Waals surface area contributed by atoms with Crippen molar-refractivity contribution >= 4 is 21.9 Å². The van der Waals surface area contributed by atoms with Crippen LogP contribution in [0.15, 0.2) is 33.7 Å². The van der Waals surface area contributed by atoms with E-state index >= 15 is 0 Å². The Morgan fingerprint density at radius 3 is 3.12 bits per heavy atom. The second-order valence-corrected chi connectivity index (χ2v) is 5.10. The van der Waals surface area contributed by atoms with E-state index in [0.717, 1.165) is 22.5 Å². The van der Waals surface area contributed by atoms with Gasteiger partial charge in [-0.2, -0.15) is 0 Å². The summed E-state index contributed by atoms with van der Waals surface area (Å²) in [6, 6.07) is 8.05. The first-order valence-corrected chi connectivity index (χ1v) is 6.43. The number of benzene rings is 1. The van der Waals surface area contributed by atoms with E-state index in [1.165, 1.54) is 0 Å².